The Balaban J connectivity index is 0.961. The number of amides is 1. The van der Waals surface area contributed by atoms with Crippen LogP contribution in [0.2, 0.25) is 0 Å². The number of ether oxygens (including phenoxy) is 7. The molecule has 14 heteroatoms. The van der Waals surface area contributed by atoms with E-state index < -0.39 is 0 Å². The number of carbonyl (C=O) groups excluding carboxylic acids is 1. The molecule has 1 amide bonds. The van der Waals surface area contributed by atoms with E-state index >= 15 is 0 Å². The number of aryl methyl sites for hydroxylation is 2. The minimum Gasteiger partial charge on any atom is -0.493 e. The molecule has 1 N–H and O–H groups in total. The number of hydrogen-bond donors (Lipinski definition) is 1. The summed E-state index contributed by atoms with van der Waals surface area (Å²) in [6.07, 6.45) is 6.01. The number of hydrogen-bond acceptors (Lipinski definition) is 11. The quantitative estimate of drug-likeness (QED) is 0.0462. The van der Waals surface area contributed by atoms with Crippen LogP contribution < -0.4 is 24.3 Å². The molecule has 0 saturated heterocycles. The molecule has 0 unspecified atom stereocenters. The lowest BCUT2D eigenvalue weighted by Gasteiger charge is -2.14. The van der Waals surface area contributed by atoms with Crippen LogP contribution in [0.15, 0.2) is 41.5 Å². The number of carbonyl (C=O) groups is 1. The fourth-order valence-corrected chi connectivity index (χ4v) is 6.93. The summed E-state index contributed by atoms with van der Waals surface area (Å²) >= 11 is 1.68. The van der Waals surface area contributed by atoms with Gasteiger partial charge in [-0.15, -0.1) is 11.3 Å². The van der Waals surface area contributed by atoms with E-state index in [1.165, 1.54) is 16.0 Å². The number of nitrogens with one attached hydrogen (secondary N) is 1. The Morgan fingerprint density at radius 2 is 1.76 bits per heavy atom. The first-order chi connectivity index (χ1) is 25.1. The van der Waals surface area contributed by atoms with Crippen molar-refractivity contribution < 1.29 is 38.0 Å². The van der Waals surface area contributed by atoms with Gasteiger partial charge in [0.25, 0.3) is 0 Å². The zero-order valence-corrected chi connectivity index (χ0v) is 30.3. The van der Waals surface area contributed by atoms with Crippen LogP contribution in [0.5, 0.6) is 23.1 Å². The third-order valence-electron chi connectivity index (χ3n) is 8.38. The van der Waals surface area contributed by atoms with Gasteiger partial charge in [0, 0.05) is 36.4 Å². The molecule has 2 aromatic carbocycles. The number of aromatic nitrogens is 1. The number of fused-ring (bicyclic) bond motifs is 2. The summed E-state index contributed by atoms with van der Waals surface area (Å²) < 4.78 is 40.2. The topological polar surface area (TPSA) is 155 Å². The van der Waals surface area contributed by atoms with Gasteiger partial charge in [-0.2, -0.15) is 0 Å². The van der Waals surface area contributed by atoms with E-state index in [2.05, 4.69) is 34.4 Å². The van der Waals surface area contributed by atoms with Crippen molar-refractivity contribution in [3.63, 3.8) is 0 Å². The van der Waals surface area contributed by atoms with Gasteiger partial charge in [0.15, 0.2) is 11.5 Å². The average molecular weight is 724 g/mol. The van der Waals surface area contributed by atoms with Gasteiger partial charge in [0.05, 0.1) is 70.9 Å². The van der Waals surface area contributed by atoms with Gasteiger partial charge in [-0.1, -0.05) is 18.1 Å². The maximum absolute atomic E-state index is 12.6. The van der Waals surface area contributed by atoms with E-state index in [0.717, 1.165) is 78.8 Å². The molecule has 2 heterocycles. The van der Waals surface area contributed by atoms with Crippen LogP contribution >= 0.6 is 11.3 Å². The van der Waals surface area contributed by atoms with Crippen molar-refractivity contribution in [1.29, 1.82) is 0 Å². The summed E-state index contributed by atoms with van der Waals surface area (Å²) in [6.45, 7) is 7.80. The van der Waals surface area contributed by atoms with Crippen molar-refractivity contribution in [2.75, 3.05) is 79.2 Å². The van der Waals surface area contributed by atoms with Gasteiger partial charge < -0.3 is 38.5 Å². The van der Waals surface area contributed by atoms with E-state index in [-0.39, 0.29) is 11.8 Å². The molecule has 276 valence electrons. The molecular formula is C37H49N5O8S. The highest BCUT2D eigenvalue weighted by molar-refractivity contribution is 7.15. The minimum atomic E-state index is 0.0281. The largest absolute Gasteiger partial charge is 0.493 e. The Bertz CT molecular complexity index is 1560. The number of nitrogens with zero attached hydrogens (tertiary/aromatic N) is 4. The van der Waals surface area contributed by atoms with E-state index in [1.54, 1.807) is 11.3 Å². The molecule has 13 nitrogen and oxygen atoms in total. The number of azide groups is 1. The molecule has 5 rings (SSSR count). The Morgan fingerprint density at radius 3 is 2.59 bits per heavy atom. The standard InChI is InChI=1S/C37H49N5O8S/c1-2-14-48-33-25-29(37-41-36-34(51-37)5-3-15-50-36)8-11-32(33)49-17-4-16-47-30-9-10-31-27(24-30)6-7-28(31)26-35(43)39-12-18-44-20-22-46-23-21-45-19-13-40-42-38/h8-11,24-25,28H,2-7,12-23,26H2,1H3,(H,39,43)/t28-/m0/s1. The zero-order valence-electron chi connectivity index (χ0n) is 29.4. The van der Waals surface area contributed by atoms with Crippen molar-refractivity contribution in [3.8, 4) is 33.7 Å². The molecule has 3 aromatic rings. The summed E-state index contributed by atoms with van der Waals surface area (Å²) in [5, 5.41) is 7.29. The summed E-state index contributed by atoms with van der Waals surface area (Å²) in [7, 11) is 0. The maximum Gasteiger partial charge on any atom is 0.228 e. The molecule has 51 heavy (non-hydrogen) atoms. The molecule has 1 aliphatic carbocycles. The van der Waals surface area contributed by atoms with E-state index in [0.29, 0.717) is 79.0 Å². The molecule has 2 aliphatic rings. The Labute approximate surface area is 303 Å². The summed E-state index contributed by atoms with van der Waals surface area (Å²) in [4.78, 5) is 21.2. The molecule has 0 spiro atoms. The van der Waals surface area contributed by atoms with Crippen molar-refractivity contribution in [2.45, 2.75) is 57.8 Å². The first kappa shape index (κ1) is 38.2. The van der Waals surface area contributed by atoms with Crippen LogP contribution in [0.3, 0.4) is 0 Å². The van der Waals surface area contributed by atoms with Gasteiger partial charge in [-0.25, -0.2) is 4.98 Å². The third-order valence-corrected chi connectivity index (χ3v) is 9.52. The second kappa shape index (κ2) is 21.3. The lowest BCUT2D eigenvalue weighted by Crippen LogP contribution is -2.28. The van der Waals surface area contributed by atoms with Gasteiger partial charge in [-0.05, 0) is 85.0 Å². The summed E-state index contributed by atoms with van der Waals surface area (Å²) in [6, 6.07) is 12.2. The number of benzene rings is 2. The van der Waals surface area contributed by atoms with Gasteiger partial charge in [-0.3, -0.25) is 4.79 Å². The molecule has 1 aromatic heterocycles. The highest BCUT2D eigenvalue weighted by Crippen LogP contribution is 2.39. The summed E-state index contributed by atoms with van der Waals surface area (Å²) in [5.74, 6) is 3.28. The van der Waals surface area contributed by atoms with Crippen LogP contribution in [0.25, 0.3) is 21.0 Å². The first-order valence-corrected chi connectivity index (χ1v) is 18.7. The monoisotopic (exact) mass is 723 g/mol. The number of rotatable bonds is 24. The molecule has 0 bridgehead atoms. The molecule has 1 aliphatic heterocycles. The maximum atomic E-state index is 12.6. The van der Waals surface area contributed by atoms with Crippen molar-refractivity contribution in [3.05, 3.63) is 62.8 Å². The van der Waals surface area contributed by atoms with Crippen LogP contribution in [-0.2, 0) is 31.8 Å². The van der Waals surface area contributed by atoms with Gasteiger partial charge in [0.1, 0.15) is 10.8 Å². The average Bonchev–Trinajstić information content (AvgIpc) is 3.77. The zero-order chi connectivity index (χ0) is 35.5. The fraction of sp³-hybridized carbons (Fsp3) is 0.568. The molecule has 0 saturated carbocycles. The van der Waals surface area contributed by atoms with E-state index in [4.69, 9.17) is 43.7 Å². The number of thiazole rings is 1. The molecular weight excluding hydrogens is 675 g/mol. The van der Waals surface area contributed by atoms with Gasteiger partial charge >= 0.3 is 0 Å². The Kier molecular flexibility index (Phi) is 16.0. The fourth-order valence-electron chi connectivity index (χ4n) is 5.88. The normalized spacial score (nSPS) is 14.6. The van der Waals surface area contributed by atoms with Crippen LogP contribution in [-0.4, -0.2) is 90.0 Å². The van der Waals surface area contributed by atoms with Crippen molar-refractivity contribution in [2.24, 2.45) is 5.11 Å². The highest BCUT2D eigenvalue weighted by atomic mass is 32.1. The smallest absolute Gasteiger partial charge is 0.228 e. The van der Waals surface area contributed by atoms with E-state index in [1.807, 2.05) is 24.3 Å². The highest BCUT2D eigenvalue weighted by Gasteiger charge is 2.25. The predicted octanol–water partition coefficient (Wildman–Crippen LogP) is 6.67. The van der Waals surface area contributed by atoms with Crippen LogP contribution in [0.1, 0.15) is 60.9 Å². The lowest BCUT2D eigenvalue weighted by atomic mass is 9.97. The summed E-state index contributed by atoms with van der Waals surface area (Å²) in [5.41, 5.74) is 11.7. The van der Waals surface area contributed by atoms with Crippen LogP contribution in [0, 0.1) is 0 Å². The Morgan fingerprint density at radius 1 is 0.961 bits per heavy atom. The molecule has 0 fully saturated rings. The SMILES string of the molecule is CCCOc1cc(-c2nc3c(s2)CCCO3)ccc1OCCCOc1ccc2c(c1)CC[C@H]2CC(=O)NCCOCCOCCOCCN=[N+]=[N-]. The third kappa shape index (κ3) is 12.3. The first-order valence-electron chi connectivity index (χ1n) is 17.9. The van der Waals surface area contributed by atoms with E-state index in [9.17, 15) is 4.79 Å². The van der Waals surface area contributed by atoms with Crippen LogP contribution in [0.4, 0.5) is 0 Å². The lowest BCUT2D eigenvalue weighted by molar-refractivity contribution is -0.121. The molecule has 0 radical (unpaired) electrons. The molecule has 1 atom stereocenters. The predicted molar refractivity (Wildman–Crippen MR) is 194 cm³/mol. The van der Waals surface area contributed by atoms with Crippen molar-refractivity contribution in [1.82, 2.24) is 10.3 Å². The van der Waals surface area contributed by atoms with Crippen molar-refractivity contribution >= 4 is 17.2 Å². The second-order valence-electron chi connectivity index (χ2n) is 12.2. The minimum absolute atomic E-state index is 0.0281. The van der Waals surface area contributed by atoms with Gasteiger partial charge in [0.2, 0.25) is 11.8 Å². The second-order valence-corrected chi connectivity index (χ2v) is 13.3. The Hall–Kier alpha value is -4.07.